The van der Waals surface area contributed by atoms with E-state index in [1.165, 1.54) is 11.1 Å². The Morgan fingerprint density at radius 1 is 1.31 bits per heavy atom. The van der Waals surface area contributed by atoms with Gasteiger partial charge in [0.2, 0.25) is 0 Å². The van der Waals surface area contributed by atoms with Crippen molar-refractivity contribution in [2.45, 2.75) is 12.3 Å². The summed E-state index contributed by atoms with van der Waals surface area (Å²) in [6.45, 7) is 0. The molecular formula is C12H10IN3. The Bertz CT molecular complexity index is 554. The first-order chi connectivity index (χ1) is 7.75. The number of nitrogen functional groups attached to an aromatic ring is 1. The maximum Gasteiger partial charge on any atom is 0.140 e. The number of nitrogens with two attached hydrogens (primary N) is 1. The van der Waals surface area contributed by atoms with E-state index in [-0.39, 0.29) is 0 Å². The van der Waals surface area contributed by atoms with Gasteiger partial charge in [0.1, 0.15) is 11.6 Å². The Kier molecular flexibility index (Phi) is 2.31. The fraction of sp³-hybridized carbons (Fsp3) is 0.167. The summed E-state index contributed by atoms with van der Waals surface area (Å²) in [4.78, 5) is 8.71. The van der Waals surface area contributed by atoms with Gasteiger partial charge in [-0.3, -0.25) is 0 Å². The molecule has 1 aromatic carbocycles. The fourth-order valence-corrected chi connectivity index (χ4v) is 2.31. The highest BCUT2D eigenvalue weighted by Crippen LogP contribution is 2.38. The van der Waals surface area contributed by atoms with Crippen LogP contribution in [0.25, 0.3) is 0 Å². The predicted molar refractivity (Wildman–Crippen MR) is 71.2 cm³/mol. The van der Waals surface area contributed by atoms with Crippen LogP contribution < -0.4 is 5.73 Å². The van der Waals surface area contributed by atoms with Gasteiger partial charge >= 0.3 is 0 Å². The molecule has 0 aliphatic heterocycles. The standard InChI is InChI=1S/C12H10IN3/c13-10-6-15-12(16-11(10)14)9-5-7-3-1-2-4-8(7)9/h1-4,6,9H,5H2,(H2,14,15,16). The fourth-order valence-electron chi connectivity index (χ4n) is 2.05. The normalized spacial score (nSPS) is 17.7. The summed E-state index contributed by atoms with van der Waals surface area (Å²) in [5.74, 6) is 1.75. The van der Waals surface area contributed by atoms with Crippen molar-refractivity contribution < 1.29 is 0 Å². The highest BCUT2D eigenvalue weighted by Gasteiger charge is 2.29. The summed E-state index contributed by atoms with van der Waals surface area (Å²) in [7, 11) is 0. The van der Waals surface area contributed by atoms with Crippen molar-refractivity contribution in [2.75, 3.05) is 5.73 Å². The second-order valence-electron chi connectivity index (χ2n) is 3.92. The maximum absolute atomic E-state index is 5.80. The van der Waals surface area contributed by atoms with Gasteiger partial charge in [-0.15, -0.1) is 0 Å². The Balaban J connectivity index is 1.99. The molecule has 4 heteroatoms. The van der Waals surface area contributed by atoms with Crippen LogP contribution in [0.15, 0.2) is 30.5 Å². The first-order valence-electron chi connectivity index (χ1n) is 5.11. The molecule has 0 fully saturated rings. The Morgan fingerprint density at radius 3 is 2.88 bits per heavy atom. The van der Waals surface area contributed by atoms with Gasteiger partial charge in [-0.2, -0.15) is 0 Å². The van der Waals surface area contributed by atoms with E-state index in [0.717, 1.165) is 15.8 Å². The third-order valence-corrected chi connectivity index (χ3v) is 3.79. The van der Waals surface area contributed by atoms with Gasteiger partial charge < -0.3 is 5.73 Å². The van der Waals surface area contributed by atoms with Crippen LogP contribution in [0.3, 0.4) is 0 Å². The van der Waals surface area contributed by atoms with Gasteiger partial charge in [-0.25, -0.2) is 9.97 Å². The molecule has 0 radical (unpaired) electrons. The maximum atomic E-state index is 5.80. The number of hydrogen-bond donors (Lipinski definition) is 1. The van der Waals surface area contributed by atoms with Crippen LogP contribution in [0.5, 0.6) is 0 Å². The Hall–Kier alpha value is -1.17. The van der Waals surface area contributed by atoms with Gasteiger partial charge in [0.25, 0.3) is 0 Å². The van der Waals surface area contributed by atoms with Crippen molar-refractivity contribution in [3.8, 4) is 0 Å². The third-order valence-electron chi connectivity index (χ3n) is 2.96. The minimum Gasteiger partial charge on any atom is -0.383 e. The van der Waals surface area contributed by atoms with Crippen molar-refractivity contribution in [3.05, 3.63) is 51.0 Å². The van der Waals surface area contributed by atoms with E-state index in [2.05, 4.69) is 56.8 Å². The molecule has 0 bridgehead atoms. The molecule has 0 saturated heterocycles. The average molecular weight is 323 g/mol. The SMILES string of the molecule is Nc1nc(C2Cc3ccccc32)ncc1I. The summed E-state index contributed by atoms with van der Waals surface area (Å²) < 4.78 is 0.911. The summed E-state index contributed by atoms with van der Waals surface area (Å²) in [5, 5.41) is 0. The van der Waals surface area contributed by atoms with E-state index in [0.29, 0.717) is 11.7 Å². The number of fused-ring (bicyclic) bond motifs is 1. The lowest BCUT2D eigenvalue weighted by Gasteiger charge is -2.28. The number of aromatic nitrogens is 2. The smallest absolute Gasteiger partial charge is 0.140 e. The first kappa shape index (κ1) is 10.0. The zero-order valence-corrected chi connectivity index (χ0v) is 10.7. The van der Waals surface area contributed by atoms with E-state index in [4.69, 9.17) is 5.73 Å². The molecule has 80 valence electrons. The molecule has 0 spiro atoms. The van der Waals surface area contributed by atoms with Gasteiger partial charge in [0.15, 0.2) is 0 Å². The zero-order valence-electron chi connectivity index (χ0n) is 8.52. The molecule has 3 nitrogen and oxygen atoms in total. The lowest BCUT2D eigenvalue weighted by Crippen LogP contribution is -2.20. The molecule has 1 aliphatic carbocycles. The minimum atomic E-state index is 0.329. The van der Waals surface area contributed by atoms with E-state index >= 15 is 0 Å². The minimum absolute atomic E-state index is 0.329. The quantitative estimate of drug-likeness (QED) is 0.820. The number of nitrogens with zero attached hydrogens (tertiary/aromatic N) is 2. The van der Waals surface area contributed by atoms with Gasteiger partial charge in [0.05, 0.1) is 3.57 Å². The van der Waals surface area contributed by atoms with Crippen LogP contribution >= 0.6 is 22.6 Å². The number of halogens is 1. The zero-order chi connectivity index (χ0) is 11.1. The van der Waals surface area contributed by atoms with Crippen LogP contribution in [-0.4, -0.2) is 9.97 Å². The van der Waals surface area contributed by atoms with Gasteiger partial charge in [-0.1, -0.05) is 24.3 Å². The number of benzene rings is 1. The average Bonchev–Trinajstić information content (AvgIpc) is 2.25. The number of anilines is 1. The van der Waals surface area contributed by atoms with Crippen LogP contribution in [0.1, 0.15) is 22.9 Å². The van der Waals surface area contributed by atoms with E-state index < -0.39 is 0 Å². The molecule has 2 N–H and O–H groups in total. The molecule has 16 heavy (non-hydrogen) atoms. The second-order valence-corrected chi connectivity index (χ2v) is 5.08. The van der Waals surface area contributed by atoms with Gasteiger partial charge in [0, 0.05) is 12.1 Å². The number of hydrogen-bond acceptors (Lipinski definition) is 3. The third kappa shape index (κ3) is 1.48. The molecule has 1 aliphatic rings. The van der Waals surface area contributed by atoms with E-state index in [1.807, 2.05) is 0 Å². The van der Waals surface area contributed by atoms with Crippen molar-refractivity contribution in [1.82, 2.24) is 9.97 Å². The van der Waals surface area contributed by atoms with Crippen LogP contribution in [0, 0.1) is 3.57 Å². The molecule has 1 unspecified atom stereocenters. The summed E-state index contributed by atoms with van der Waals surface area (Å²) in [6, 6.07) is 8.42. The highest BCUT2D eigenvalue weighted by molar-refractivity contribution is 14.1. The summed E-state index contributed by atoms with van der Waals surface area (Å²) in [5.41, 5.74) is 8.53. The Morgan fingerprint density at radius 2 is 2.12 bits per heavy atom. The van der Waals surface area contributed by atoms with Crippen LogP contribution in [0.2, 0.25) is 0 Å². The van der Waals surface area contributed by atoms with Crippen molar-refractivity contribution >= 4 is 28.4 Å². The van der Waals surface area contributed by atoms with Crippen molar-refractivity contribution in [2.24, 2.45) is 0 Å². The number of rotatable bonds is 1. The highest BCUT2D eigenvalue weighted by atomic mass is 127. The molecule has 3 rings (SSSR count). The predicted octanol–water partition coefficient (Wildman–Crippen LogP) is 2.35. The van der Waals surface area contributed by atoms with Gasteiger partial charge in [-0.05, 0) is 40.1 Å². The lowest BCUT2D eigenvalue weighted by molar-refractivity contribution is 0.660. The molecular weight excluding hydrogens is 313 g/mol. The summed E-state index contributed by atoms with van der Waals surface area (Å²) in [6.07, 6.45) is 2.81. The lowest BCUT2D eigenvalue weighted by atomic mass is 9.77. The largest absolute Gasteiger partial charge is 0.383 e. The summed E-state index contributed by atoms with van der Waals surface area (Å²) >= 11 is 2.14. The Labute approximate surface area is 107 Å². The first-order valence-corrected chi connectivity index (χ1v) is 6.19. The monoisotopic (exact) mass is 323 g/mol. The second kappa shape index (κ2) is 3.69. The molecule has 1 atom stereocenters. The van der Waals surface area contributed by atoms with Crippen molar-refractivity contribution in [3.63, 3.8) is 0 Å². The van der Waals surface area contributed by atoms with E-state index in [9.17, 15) is 0 Å². The van der Waals surface area contributed by atoms with Crippen LogP contribution in [0.4, 0.5) is 5.82 Å². The molecule has 1 aromatic heterocycles. The molecule has 1 heterocycles. The molecule has 2 aromatic rings. The van der Waals surface area contributed by atoms with Crippen molar-refractivity contribution in [1.29, 1.82) is 0 Å². The topological polar surface area (TPSA) is 51.8 Å². The molecule has 0 saturated carbocycles. The van der Waals surface area contributed by atoms with Crippen LogP contribution in [-0.2, 0) is 6.42 Å². The molecule has 0 amide bonds. The van der Waals surface area contributed by atoms with E-state index in [1.54, 1.807) is 6.20 Å².